The van der Waals surface area contributed by atoms with Crippen LogP contribution in [0, 0.1) is 5.92 Å². The fraction of sp³-hybridized carbons (Fsp3) is 0.333. The Balaban J connectivity index is 1.81. The van der Waals surface area contributed by atoms with E-state index in [1.807, 2.05) is 0 Å². The third kappa shape index (κ3) is 4.42. The van der Waals surface area contributed by atoms with Gasteiger partial charge < -0.3 is 15.2 Å². The van der Waals surface area contributed by atoms with E-state index in [-0.39, 0.29) is 12.5 Å². The van der Waals surface area contributed by atoms with Crippen molar-refractivity contribution in [3.05, 3.63) is 36.4 Å². The van der Waals surface area contributed by atoms with Gasteiger partial charge in [-0.1, -0.05) is 12.2 Å². The minimum absolute atomic E-state index is 0.0132. The van der Waals surface area contributed by atoms with E-state index < -0.39 is 5.97 Å². The van der Waals surface area contributed by atoms with Crippen LogP contribution in [0.1, 0.15) is 19.3 Å². The van der Waals surface area contributed by atoms with Crippen molar-refractivity contribution < 1.29 is 19.4 Å². The summed E-state index contributed by atoms with van der Waals surface area (Å²) >= 11 is 0. The SMILES string of the molecule is O=C(O)COc1ccc(NC(=O)CC2C=CCC2)cc1. The van der Waals surface area contributed by atoms with E-state index in [4.69, 9.17) is 9.84 Å². The molecule has 0 bridgehead atoms. The molecular weight excluding hydrogens is 258 g/mol. The van der Waals surface area contributed by atoms with Crippen molar-refractivity contribution >= 4 is 17.6 Å². The number of carbonyl (C=O) groups is 2. The van der Waals surface area contributed by atoms with Crippen molar-refractivity contribution in [3.63, 3.8) is 0 Å². The van der Waals surface area contributed by atoms with Crippen molar-refractivity contribution in [2.75, 3.05) is 11.9 Å². The number of nitrogens with one attached hydrogen (secondary N) is 1. The maximum Gasteiger partial charge on any atom is 0.341 e. The number of aliphatic carboxylic acids is 1. The van der Waals surface area contributed by atoms with Crippen molar-refractivity contribution in [1.29, 1.82) is 0 Å². The predicted molar refractivity (Wildman–Crippen MR) is 74.7 cm³/mol. The summed E-state index contributed by atoms with van der Waals surface area (Å²) in [5.41, 5.74) is 0.680. The zero-order valence-corrected chi connectivity index (χ0v) is 11.0. The molecule has 1 aliphatic rings. The maximum atomic E-state index is 11.8. The molecule has 1 aromatic carbocycles. The molecule has 0 fully saturated rings. The molecule has 20 heavy (non-hydrogen) atoms. The molecule has 1 aliphatic carbocycles. The number of carbonyl (C=O) groups excluding carboxylic acids is 1. The molecule has 1 aromatic rings. The van der Waals surface area contributed by atoms with Crippen molar-refractivity contribution in [3.8, 4) is 5.75 Å². The van der Waals surface area contributed by atoms with Crippen molar-refractivity contribution in [2.45, 2.75) is 19.3 Å². The Morgan fingerprint density at radius 1 is 1.30 bits per heavy atom. The number of ether oxygens (including phenoxy) is 1. The van der Waals surface area contributed by atoms with Crippen LogP contribution >= 0.6 is 0 Å². The average molecular weight is 275 g/mol. The second-order valence-electron chi connectivity index (χ2n) is 4.72. The lowest BCUT2D eigenvalue weighted by molar-refractivity contribution is -0.139. The lowest BCUT2D eigenvalue weighted by atomic mass is 10.1. The smallest absolute Gasteiger partial charge is 0.341 e. The monoisotopic (exact) mass is 275 g/mol. The molecule has 2 rings (SSSR count). The number of hydrogen-bond donors (Lipinski definition) is 2. The van der Waals surface area contributed by atoms with Gasteiger partial charge in [0.05, 0.1) is 0 Å². The first kappa shape index (κ1) is 14.1. The number of carboxylic acids is 1. The molecule has 5 heteroatoms. The predicted octanol–water partition coefficient (Wildman–Crippen LogP) is 2.44. The fourth-order valence-electron chi connectivity index (χ4n) is 2.10. The van der Waals surface area contributed by atoms with Crippen LogP contribution in [0.15, 0.2) is 36.4 Å². The first-order valence-corrected chi connectivity index (χ1v) is 6.54. The van der Waals surface area contributed by atoms with Crippen LogP contribution in [0.2, 0.25) is 0 Å². The summed E-state index contributed by atoms with van der Waals surface area (Å²) in [4.78, 5) is 22.2. The molecule has 0 heterocycles. The van der Waals surface area contributed by atoms with E-state index in [1.54, 1.807) is 24.3 Å². The van der Waals surface area contributed by atoms with Gasteiger partial charge in [0.25, 0.3) is 0 Å². The van der Waals surface area contributed by atoms with Gasteiger partial charge >= 0.3 is 5.97 Å². The first-order valence-electron chi connectivity index (χ1n) is 6.54. The highest BCUT2D eigenvalue weighted by Crippen LogP contribution is 2.21. The number of hydrogen-bond acceptors (Lipinski definition) is 3. The van der Waals surface area contributed by atoms with E-state index >= 15 is 0 Å². The molecule has 0 radical (unpaired) electrons. The van der Waals surface area contributed by atoms with Crippen LogP contribution in [0.25, 0.3) is 0 Å². The molecule has 0 spiro atoms. The number of allylic oxidation sites excluding steroid dienone is 2. The van der Waals surface area contributed by atoms with E-state index in [9.17, 15) is 9.59 Å². The average Bonchev–Trinajstić information content (AvgIpc) is 2.90. The summed E-state index contributed by atoms with van der Waals surface area (Å²) in [6, 6.07) is 6.65. The third-order valence-corrected chi connectivity index (χ3v) is 3.06. The Morgan fingerprint density at radius 3 is 2.65 bits per heavy atom. The summed E-state index contributed by atoms with van der Waals surface area (Å²) < 4.78 is 5.01. The van der Waals surface area contributed by atoms with E-state index in [1.165, 1.54) is 0 Å². The van der Waals surface area contributed by atoms with Gasteiger partial charge in [-0.2, -0.15) is 0 Å². The van der Waals surface area contributed by atoms with Crippen LogP contribution in [0.4, 0.5) is 5.69 Å². The van der Waals surface area contributed by atoms with Gasteiger partial charge in [0.2, 0.25) is 5.91 Å². The Kier molecular flexibility index (Phi) is 4.76. The van der Waals surface area contributed by atoms with Gasteiger partial charge in [-0.05, 0) is 43.0 Å². The molecule has 106 valence electrons. The van der Waals surface area contributed by atoms with Crippen molar-refractivity contribution in [2.24, 2.45) is 5.92 Å². The van der Waals surface area contributed by atoms with Crippen LogP contribution in [-0.2, 0) is 9.59 Å². The lowest BCUT2D eigenvalue weighted by Gasteiger charge is -2.09. The zero-order chi connectivity index (χ0) is 14.4. The minimum Gasteiger partial charge on any atom is -0.482 e. The Bertz CT molecular complexity index is 507. The third-order valence-electron chi connectivity index (χ3n) is 3.06. The standard InChI is InChI=1S/C15H17NO4/c17-14(9-11-3-1-2-4-11)16-12-5-7-13(8-6-12)20-10-15(18)19/h1,3,5-8,11H,2,4,9-10H2,(H,16,17)(H,18,19). The van der Waals surface area contributed by atoms with Crippen LogP contribution in [-0.4, -0.2) is 23.6 Å². The Labute approximate surface area is 117 Å². The molecular formula is C15H17NO4. The van der Waals surface area contributed by atoms with E-state index in [0.717, 1.165) is 12.8 Å². The lowest BCUT2D eigenvalue weighted by Crippen LogP contribution is -2.14. The molecule has 1 unspecified atom stereocenters. The summed E-state index contributed by atoms with van der Waals surface area (Å²) in [7, 11) is 0. The van der Waals surface area contributed by atoms with Crippen LogP contribution < -0.4 is 10.1 Å². The topological polar surface area (TPSA) is 75.6 Å². The molecule has 1 atom stereocenters. The van der Waals surface area contributed by atoms with Crippen LogP contribution in [0.5, 0.6) is 5.75 Å². The second-order valence-corrected chi connectivity index (χ2v) is 4.72. The largest absolute Gasteiger partial charge is 0.482 e. The van der Waals surface area contributed by atoms with Gasteiger partial charge in [0, 0.05) is 12.1 Å². The number of rotatable bonds is 6. The highest BCUT2D eigenvalue weighted by atomic mass is 16.5. The molecule has 0 aliphatic heterocycles. The normalized spacial score (nSPS) is 16.9. The number of anilines is 1. The van der Waals surface area contributed by atoms with Gasteiger partial charge in [-0.15, -0.1) is 0 Å². The first-order chi connectivity index (χ1) is 9.63. The molecule has 1 amide bonds. The number of benzene rings is 1. The molecule has 0 saturated heterocycles. The number of amides is 1. The molecule has 0 saturated carbocycles. The number of carboxylic acid groups (broad SMARTS) is 1. The van der Waals surface area contributed by atoms with E-state index in [2.05, 4.69) is 17.5 Å². The van der Waals surface area contributed by atoms with Crippen LogP contribution in [0.3, 0.4) is 0 Å². The quantitative estimate of drug-likeness (QED) is 0.782. The summed E-state index contributed by atoms with van der Waals surface area (Å²) in [6.07, 6.45) is 6.77. The molecule has 2 N–H and O–H groups in total. The molecule has 0 aromatic heterocycles. The summed E-state index contributed by atoms with van der Waals surface area (Å²) in [6.45, 7) is -0.375. The van der Waals surface area contributed by atoms with Gasteiger partial charge in [-0.3, -0.25) is 4.79 Å². The maximum absolute atomic E-state index is 11.8. The Morgan fingerprint density at radius 2 is 2.05 bits per heavy atom. The fourth-order valence-corrected chi connectivity index (χ4v) is 2.10. The summed E-state index contributed by atoms with van der Waals surface area (Å²) in [5, 5.41) is 11.3. The van der Waals surface area contributed by atoms with Gasteiger partial charge in [0.1, 0.15) is 5.75 Å². The molecule has 5 nitrogen and oxygen atoms in total. The van der Waals surface area contributed by atoms with Gasteiger partial charge in [-0.25, -0.2) is 4.79 Å². The summed E-state index contributed by atoms with van der Waals surface area (Å²) in [5.74, 6) is -0.231. The highest BCUT2D eigenvalue weighted by molar-refractivity contribution is 5.91. The van der Waals surface area contributed by atoms with Gasteiger partial charge in [0.15, 0.2) is 6.61 Å². The minimum atomic E-state index is -1.02. The second kappa shape index (κ2) is 6.75. The van der Waals surface area contributed by atoms with Crippen molar-refractivity contribution in [1.82, 2.24) is 0 Å². The van der Waals surface area contributed by atoms with E-state index in [0.29, 0.717) is 23.8 Å². The highest BCUT2D eigenvalue weighted by Gasteiger charge is 2.13. The Hall–Kier alpha value is -2.30. The zero-order valence-electron chi connectivity index (χ0n) is 11.0.